The summed E-state index contributed by atoms with van der Waals surface area (Å²) in [5.74, 6) is -1.50. The van der Waals surface area contributed by atoms with Crippen LogP contribution in [0, 0.1) is 18.7 Å². The number of anilines is 1. The molecule has 0 unspecified atom stereocenters. The van der Waals surface area contributed by atoms with Gasteiger partial charge in [-0.3, -0.25) is 4.79 Å². The summed E-state index contributed by atoms with van der Waals surface area (Å²) in [6.45, 7) is 1.38. The van der Waals surface area contributed by atoms with Crippen LogP contribution in [0.1, 0.15) is 28.8 Å². The third-order valence-electron chi connectivity index (χ3n) is 5.15. The predicted molar refractivity (Wildman–Crippen MR) is 109 cm³/mol. The Hall–Kier alpha value is -2.14. The molecule has 0 radical (unpaired) electrons. The minimum absolute atomic E-state index is 0.00229. The maximum absolute atomic E-state index is 13.4. The van der Waals surface area contributed by atoms with E-state index in [1.165, 1.54) is 37.3 Å². The summed E-state index contributed by atoms with van der Waals surface area (Å²) in [5.41, 5.74) is -1.42. The molecular formula is C20H20ClF3N2O4S. The Bertz CT molecular complexity index is 1110. The van der Waals surface area contributed by atoms with E-state index in [1.807, 2.05) is 0 Å². The first-order chi connectivity index (χ1) is 14.4. The van der Waals surface area contributed by atoms with Gasteiger partial charge in [0.15, 0.2) is 0 Å². The van der Waals surface area contributed by atoms with E-state index in [-0.39, 0.29) is 34.9 Å². The highest BCUT2D eigenvalue weighted by molar-refractivity contribution is 7.89. The highest BCUT2D eigenvalue weighted by Crippen LogP contribution is 2.41. The predicted octanol–water partition coefficient (Wildman–Crippen LogP) is 3.72. The molecule has 6 nitrogen and oxygen atoms in total. The van der Waals surface area contributed by atoms with Crippen LogP contribution in [0.15, 0.2) is 41.3 Å². The fourth-order valence-electron chi connectivity index (χ4n) is 3.34. The average molecular weight is 477 g/mol. The zero-order chi connectivity index (χ0) is 23.0. The van der Waals surface area contributed by atoms with Crippen LogP contribution < -0.4 is 10.0 Å². The molecule has 0 bridgehead atoms. The molecular weight excluding hydrogens is 457 g/mol. The molecule has 0 saturated heterocycles. The van der Waals surface area contributed by atoms with Crippen LogP contribution in [0.2, 0.25) is 5.02 Å². The van der Waals surface area contributed by atoms with E-state index >= 15 is 0 Å². The van der Waals surface area contributed by atoms with Crippen molar-refractivity contribution in [2.75, 3.05) is 11.9 Å². The van der Waals surface area contributed by atoms with Crippen molar-refractivity contribution in [1.82, 2.24) is 4.72 Å². The maximum Gasteiger partial charge on any atom is 0.266 e. The van der Waals surface area contributed by atoms with E-state index in [4.69, 9.17) is 11.6 Å². The molecule has 2 aromatic carbocycles. The summed E-state index contributed by atoms with van der Waals surface area (Å²) in [6, 6.07) is 7.67. The minimum atomic E-state index is -4.14. The second kappa shape index (κ2) is 8.78. The molecule has 1 aliphatic carbocycles. The number of rotatable bonds is 7. The Morgan fingerprint density at radius 1 is 1.26 bits per heavy atom. The summed E-state index contributed by atoms with van der Waals surface area (Å²) < 4.78 is 66.3. The Morgan fingerprint density at radius 3 is 2.55 bits per heavy atom. The standard InChI is InChI=1S/C20H20ClF3N2O4S/c1-11-6-14(3-5-16(11)22)26-18(27)13-2-4-15(21)17(7-13)31(29,30)25-10-12-8-20(28,9-12)19(23)24/h2-7,12,19,25,28H,8-10H2,1H3,(H,26,27). The van der Waals surface area contributed by atoms with Crippen LogP contribution in [-0.2, 0) is 10.0 Å². The Morgan fingerprint density at radius 2 is 1.94 bits per heavy atom. The van der Waals surface area contributed by atoms with Gasteiger partial charge in [0.25, 0.3) is 12.3 Å². The Kier molecular flexibility index (Phi) is 6.66. The first-order valence-corrected chi connectivity index (χ1v) is 11.1. The van der Waals surface area contributed by atoms with Gasteiger partial charge in [-0.25, -0.2) is 26.3 Å². The number of amides is 1. The number of carbonyl (C=O) groups excluding carboxylic acids is 1. The van der Waals surface area contributed by atoms with Gasteiger partial charge in [-0.15, -0.1) is 0 Å². The first kappa shape index (κ1) is 23.5. The number of nitrogens with one attached hydrogen (secondary N) is 2. The van der Waals surface area contributed by atoms with E-state index in [0.717, 1.165) is 6.07 Å². The normalized spacial score (nSPS) is 21.1. The number of carbonyl (C=O) groups is 1. The van der Waals surface area contributed by atoms with Gasteiger partial charge in [0.05, 0.1) is 5.02 Å². The molecule has 2 aromatic rings. The molecule has 3 rings (SSSR count). The minimum Gasteiger partial charge on any atom is -0.384 e. The van der Waals surface area contributed by atoms with Crippen LogP contribution >= 0.6 is 11.6 Å². The molecule has 1 saturated carbocycles. The molecule has 3 N–H and O–H groups in total. The summed E-state index contributed by atoms with van der Waals surface area (Å²) in [4.78, 5) is 12.1. The van der Waals surface area contributed by atoms with E-state index in [2.05, 4.69) is 10.0 Å². The fraction of sp³-hybridized carbons (Fsp3) is 0.350. The topological polar surface area (TPSA) is 95.5 Å². The molecule has 168 valence electrons. The number of sulfonamides is 1. The second-order valence-corrected chi connectivity index (χ2v) is 9.74. The molecule has 0 atom stereocenters. The van der Waals surface area contributed by atoms with Gasteiger partial charge >= 0.3 is 0 Å². The van der Waals surface area contributed by atoms with Crippen molar-refractivity contribution < 1.29 is 31.5 Å². The highest BCUT2D eigenvalue weighted by atomic mass is 35.5. The molecule has 1 fully saturated rings. The average Bonchev–Trinajstić information content (AvgIpc) is 2.67. The molecule has 1 aliphatic rings. The number of alkyl halides is 2. The van der Waals surface area contributed by atoms with E-state index in [1.54, 1.807) is 0 Å². The van der Waals surface area contributed by atoms with Crippen LogP contribution in [0.5, 0.6) is 0 Å². The van der Waals surface area contributed by atoms with Crippen molar-refractivity contribution >= 4 is 33.2 Å². The molecule has 0 aromatic heterocycles. The lowest BCUT2D eigenvalue weighted by Crippen LogP contribution is -2.52. The number of aliphatic hydroxyl groups is 1. The molecule has 11 heteroatoms. The zero-order valence-corrected chi connectivity index (χ0v) is 17.9. The van der Waals surface area contributed by atoms with Gasteiger partial charge in [0, 0.05) is 17.8 Å². The van der Waals surface area contributed by atoms with E-state index in [9.17, 15) is 31.5 Å². The van der Waals surface area contributed by atoms with Gasteiger partial charge < -0.3 is 10.4 Å². The van der Waals surface area contributed by atoms with E-state index in [0.29, 0.717) is 11.3 Å². The van der Waals surface area contributed by atoms with Gasteiger partial charge in [-0.2, -0.15) is 0 Å². The van der Waals surface area contributed by atoms with Crippen LogP contribution in [0.4, 0.5) is 18.9 Å². The lowest BCUT2D eigenvalue weighted by molar-refractivity contribution is -0.166. The first-order valence-electron chi connectivity index (χ1n) is 9.28. The van der Waals surface area contributed by atoms with Crippen molar-refractivity contribution in [3.63, 3.8) is 0 Å². The largest absolute Gasteiger partial charge is 0.384 e. The lowest BCUT2D eigenvalue weighted by Gasteiger charge is -2.42. The van der Waals surface area contributed by atoms with Crippen molar-refractivity contribution in [2.45, 2.75) is 36.7 Å². The van der Waals surface area contributed by atoms with Gasteiger partial charge in [-0.05, 0) is 67.6 Å². The Balaban J connectivity index is 1.70. The monoisotopic (exact) mass is 476 g/mol. The number of hydrogen-bond acceptors (Lipinski definition) is 4. The summed E-state index contributed by atoms with van der Waals surface area (Å²) in [7, 11) is -4.14. The van der Waals surface area contributed by atoms with Crippen LogP contribution in [0.3, 0.4) is 0 Å². The van der Waals surface area contributed by atoms with Crippen molar-refractivity contribution in [3.05, 3.63) is 58.4 Å². The van der Waals surface area contributed by atoms with E-state index < -0.39 is 39.7 Å². The zero-order valence-electron chi connectivity index (χ0n) is 16.3. The van der Waals surface area contributed by atoms with Crippen LogP contribution in [0.25, 0.3) is 0 Å². The molecule has 1 amide bonds. The van der Waals surface area contributed by atoms with Crippen molar-refractivity contribution in [1.29, 1.82) is 0 Å². The number of aryl methyl sites for hydroxylation is 1. The Labute approximate surface area is 182 Å². The molecule has 0 spiro atoms. The third kappa shape index (κ3) is 5.20. The summed E-state index contributed by atoms with van der Waals surface area (Å²) >= 11 is 6.00. The molecule has 31 heavy (non-hydrogen) atoms. The van der Waals surface area contributed by atoms with Gasteiger partial charge in [-0.1, -0.05) is 11.6 Å². The SMILES string of the molecule is Cc1cc(NC(=O)c2ccc(Cl)c(S(=O)(=O)NCC3CC(O)(C(F)F)C3)c2)ccc1F. The van der Waals surface area contributed by atoms with Gasteiger partial charge in [0.1, 0.15) is 16.3 Å². The fourth-order valence-corrected chi connectivity index (χ4v) is 4.98. The third-order valence-corrected chi connectivity index (χ3v) is 7.06. The molecule has 0 aliphatic heterocycles. The number of benzene rings is 2. The van der Waals surface area contributed by atoms with Crippen LogP contribution in [-0.4, -0.2) is 38.0 Å². The van der Waals surface area contributed by atoms with Crippen molar-refractivity contribution in [3.8, 4) is 0 Å². The van der Waals surface area contributed by atoms with Gasteiger partial charge in [0.2, 0.25) is 10.0 Å². The molecule has 0 heterocycles. The quantitative estimate of drug-likeness (QED) is 0.567. The van der Waals surface area contributed by atoms with Crippen molar-refractivity contribution in [2.24, 2.45) is 5.92 Å². The number of halogens is 4. The second-order valence-electron chi connectivity index (χ2n) is 7.59. The number of hydrogen-bond donors (Lipinski definition) is 3. The summed E-state index contributed by atoms with van der Waals surface area (Å²) in [5, 5.41) is 12.0. The smallest absolute Gasteiger partial charge is 0.266 e. The highest BCUT2D eigenvalue weighted by Gasteiger charge is 2.49. The maximum atomic E-state index is 13.4. The summed E-state index contributed by atoms with van der Waals surface area (Å²) in [6.07, 6.45) is -3.34. The lowest BCUT2D eigenvalue weighted by atomic mass is 9.71.